The van der Waals surface area contributed by atoms with E-state index in [1.165, 1.54) is 18.6 Å². The third-order valence-corrected chi connectivity index (χ3v) is 4.29. The number of hydrogen-bond acceptors (Lipinski definition) is 4. The van der Waals surface area contributed by atoms with Crippen LogP contribution in [0.1, 0.15) is 19.8 Å². The van der Waals surface area contributed by atoms with Crippen molar-refractivity contribution >= 4 is 23.3 Å². The second-order valence-corrected chi connectivity index (χ2v) is 5.91. The Labute approximate surface area is 94.8 Å². The van der Waals surface area contributed by atoms with Gasteiger partial charge in [-0.2, -0.15) is 11.8 Å². The minimum atomic E-state index is 0.387. The number of thioether (sulfide) groups is 1. The van der Waals surface area contributed by atoms with Crippen LogP contribution in [0.3, 0.4) is 0 Å². The molecule has 1 atom stereocenters. The lowest BCUT2D eigenvalue weighted by atomic mass is 10.1. The zero-order valence-electron chi connectivity index (χ0n) is 8.99. The standard InChI is InChI=1S/C11H17N3S/c1-11(4-2-6-15-11)8-14-9-3-5-13-10(12)7-9/h3,5,7H,2,4,6,8H2,1H3,(H3,12,13,14). The molecule has 2 rings (SSSR count). The highest BCUT2D eigenvalue weighted by molar-refractivity contribution is 8.00. The summed E-state index contributed by atoms with van der Waals surface area (Å²) in [6, 6.07) is 3.84. The van der Waals surface area contributed by atoms with Crippen molar-refractivity contribution in [1.29, 1.82) is 0 Å². The van der Waals surface area contributed by atoms with Crippen LogP contribution in [0.4, 0.5) is 11.5 Å². The Bertz CT molecular complexity index is 334. The van der Waals surface area contributed by atoms with Crippen molar-refractivity contribution in [2.45, 2.75) is 24.5 Å². The lowest BCUT2D eigenvalue weighted by Crippen LogP contribution is -2.27. The minimum absolute atomic E-state index is 0.387. The Morgan fingerprint density at radius 3 is 3.20 bits per heavy atom. The fourth-order valence-corrected chi connectivity index (χ4v) is 3.07. The summed E-state index contributed by atoms with van der Waals surface area (Å²) in [7, 11) is 0. The Hall–Kier alpha value is -0.900. The number of nitrogens with zero attached hydrogens (tertiary/aromatic N) is 1. The fourth-order valence-electron chi connectivity index (χ4n) is 1.82. The third kappa shape index (κ3) is 2.78. The fraction of sp³-hybridized carbons (Fsp3) is 0.545. The second kappa shape index (κ2) is 4.31. The quantitative estimate of drug-likeness (QED) is 0.826. The molecule has 0 aliphatic carbocycles. The van der Waals surface area contributed by atoms with Gasteiger partial charge >= 0.3 is 0 Å². The van der Waals surface area contributed by atoms with E-state index in [2.05, 4.69) is 29.0 Å². The number of nitrogens with two attached hydrogens (primary N) is 1. The van der Waals surface area contributed by atoms with Gasteiger partial charge in [0.2, 0.25) is 0 Å². The molecular formula is C11H17N3S. The summed E-state index contributed by atoms with van der Waals surface area (Å²) in [5.41, 5.74) is 6.68. The van der Waals surface area contributed by atoms with Crippen molar-refractivity contribution in [1.82, 2.24) is 4.98 Å². The van der Waals surface area contributed by atoms with Crippen LogP contribution in [0.2, 0.25) is 0 Å². The molecule has 15 heavy (non-hydrogen) atoms. The SMILES string of the molecule is CC1(CNc2ccnc(N)c2)CCCS1. The molecule has 0 amide bonds. The van der Waals surface area contributed by atoms with Crippen LogP contribution in [-0.2, 0) is 0 Å². The molecule has 0 spiro atoms. The summed E-state index contributed by atoms with van der Waals surface area (Å²) in [6.07, 6.45) is 4.37. The molecule has 1 fully saturated rings. The first-order chi connectivity index (χ1) is 7.18. The highest BCUT2D eigenvalue weighted by Crippen LogP contribution is 2.37. The maximum absolute atomic E-state index is 5.62. The van der Waals surface area contributed by atoms with Crippen molar-refractivity contribution in [2.75, 3.05) is 23.3 Å². The van der Waals surface area contributed by atoms with Gasteiger partial charge in [-0.25, -0.2) is 4.98 Å². The first kappa shape index (κ1) is 10.6. The van der Waals surface area contributed by atoms with Crippen LogP contribution in [0.25, 0.3) is 0 Å². The lowest BCUT2D eigenvalue weighted by Gasteiger charge is -2.23. The molecule has 0 saturated carbocycles. The number of anilines is 2. The van der Waals surface area contributed by atoms with Gasteiger partial charge in [0.1, 0.15) is 5.82 Å². The zero-order valence-corrected chi connectivity index (χ0v) is 9.81. The predicted octanol–water partition coefficient (Wildman–Crippen LogP) is 2.36. The molecule has 1 unspecified atom stereocenters. The summed E-state index contributed by atoms with van der Waals surface area (Å²) >= 11 is 2.06. The zero-order chi connectivity index (χ0) is 10.7. The Balaban J connectivity index is 1.92. The number of pyridine rings is 1. The molecule has 1 aliphatic heterocycles. The summed E-state index contributed by atoms with van der Waals surface area (Å²) in [4.78, 5) is 3.97. The molecule has 0 bridgehead atoms. The van der Waals surface area contributed by atoms with Gasteiger partial charge in [0.15, 0.2) is 0 Å². The average Bonchev–Trinajstić information content (AvgIpc) is 2.63. The Morgan fingerprint density at radius 1 is 1.67 bits per heavy atom. The molecule has 0 radical (unpaired) electrons. The summed E-state index contributed by atoms with van der Waals surface area (Å²) < 4.78 is 0.387. The van der Waals surface area contributed by atoms with Gasteiger partial charge in [0.05, 0.1) is 0 Å². The van der Waals surface area contributed by atoms with Gasteiger partial charge < -0.3 is 11.1 Å². The monoisotopic (exact) mass is 223 g/mol. The number of hydrogen-bond donors (Lipinski definition) is 2. The highest BCUT2D eigenvalue weighted by Gasteiger charge is 2.28. The molecule has 4 heteroatoms. The first-order valence-corrected chi connectivity index (χ1v) is 6.26. The van der Waals surface area contributed by atoms with Crippen LogP contribution < -0.4 is 11.1 Å². The van der Waals surface area contributed by atoms with Crippen LogP contribution >= 0.6 is 11.8 Å². The molecular weight excluding hydrogens is 206 g/mol. The largest absolute Gasteiger partial charge is 0.384 e. The van der Waals surface area contributed by atoms with Crippen molar-refractivity contribution in [3.05, 3.63) is 18.3 Å². The Kier molecular flexibility index (Phi) is 3.05. The van der Waals surface area contributed by atoms with E-state index in [1.807, 2.05) is 12.1 Å². The molecule has 0 aromatic carbocycles. The molecule has 3 nitrogen and oxygen atoms in total. The van der Waals surface area contributed by atoms with Gasteiger partial charge in [0, 0.05) is 29.2 Å². The number of nitrogen functional groups attached to an aromatic ring is 1. The summed E-state index contributed by atoms with van der Waals surface area (Å²) in [5.74, 6) is 1.86. The van der Waals surface area contributed by atoms with Gasteiger partial charge in [0.25, 0.3) is 0 Å². The van der Waals surface area contributed by atoms with Crippen molar-refractivity contribution in [3.63, 3.8) is 0 Å². The lowest BCUT2D eigenvalue weighted by molar-refractivity contribution is 0.635. The topological polar surface area (TPSA) is 50.9 Å². The van der Waals surface area contributed by atoms with Gasteiger partial charge in [-0.15, -0.1) is 0 Å². The van der Waals surface area contributed by atoms with E-state index in [4.69, 9.17) is 5.73 Å². The van der Waals surface area contributed by atoms with E-state index in [0.717, 1.165) is 12.2 Å². The van der Waals surface area contributed by atoms with Crippen LogP contribution in [0.15, 0.2) is 18.3 Å². The third-order valence-electron chi connectivity index (χ3n) is 2.75. The molecule has 1 saturated heterocycles. The maximum atomic E-state index is 5.62. The molecule has 3 N–H and O–H groups in total. The Morgan fingerprint density at radius 2 is 2.53 bits per heavy atom. The van der Waals surface area contributed by atoms with Crippen LogP contribution in [0, 0.1) is 0 Å². The molecule has 82 valence electrons. The van der Waals surface area contributed by atoms with E-state index >= 15 is 0 Å². The molecule has 1 aliphatic rings. The van der Waals surface area contributed by atoms with E-state index in [0.29, 0.717) is 10.6 Å². The molecule has 1 aromatic heterocycles. The number of rotatable bonds is 3. The molecule has 2 heterocycles. The van der Waals surface area contributed by atoms with Crippen molar-refractivity contribution in [3.8, 4) is 0 Å². The van der Waals surface area contributed by atoms with Gasteiger partial charge in [-0.3, -0.25) is 0 Å². The van der Waals surface area contributed by atoms with Crippen molar-refractivity contribution < 1.29 is 0 Å². The average molecular weight is 223 g/mol. The predicted molar refractivity (Wildman–Crippen MR) is 67.2 cm³/mol. The first-order valence-electron chi connectivity index (χ1n) is 5.27. The van der Waals surface area contributed by atoms with Gasteiger partial charge in [-0.1, -0.05) is 0 Å². The smallest absolute Gasteiger partial charge is 0.125 e. The van der Waals surface area contributed by atoms with Crippen molar-refractivity contribution in [2.24, 2.45) is 0 Å². The summed E-state index contributed by atoms with van der Waals surface area (Å²) in [5, 5.41) is 3.43. The summed E-state index contributed by atoms with van der Waals surface area (Å²) in [6.45, 7) is 3.32. The van der Waals surface area contributed by atoms with E-state index in [-0.39, 0.29) is 0 Å². The van der Waals surface area contributed by atoms with E-state index < -0.39 is 0 Å². The minimum Gasteiger partial charge on any atom is -0.384 e. The van der Waals surface area contributed by atoms with E-state index in [1.54, 1.807) is 6.20 Å². The van der Waals surface area contributed by atoms with Gasteiger partial charge in [-0.05, 0) is 31.6 Å². The van der Waals surface area contributed by atoms with Crippen LogP contribution in [-0.4, -0.2) is 22.0 Å². The second-order valence-electron chi connectivity index (χ2n) is 4.22. The number of nitrogens with one attached hydrogen (secondary N) is 1. The molecule has 1 aromatic rings. The van der Waals surface area contributed by atoms with E-state index in [9.17, 15) is 0 Å². The normalized spacial score (nSPS) is 25.4. The van der Waals surface area contributed by atoms with Crippen LogP contribution in [0.5, 0.6) is 0 Å². The number of aromatic nitrogens is 1. The maximum Gasteiger partial charge on any atom is 0.125 e. The highest BCUT2D eigenvalue weighted by atomic mass is 32.2.